The van der Waals surface area contributed by atoms with Gasteiger partial charge in [-0.2, -0.15) is 0 Å². The highest BCUT2D eigenvalue weighted by Crippen LogP contribution is 2.07. The van der Waals surface area contributed by atoms with Gasteiger partial charge in [0.15, 0.2) is 5.89 Å². The fourth-order valence-corrected chi connectivity index (χ4v) is 1.86. The van der Waals surface area contributed by atoms with E-state index in [0.29, 0.717) is 25.3 Å². The maximum Gasteiger partial charge on any atom is 0.220 e. The molecule has 0 saturated carbocycles. The van der Waals surface area contributed by atoms with Crippen LogP contribution in [-0.2, 0) is 17.8 Å². The quantitative estimate of drug-likeness (QED) is 0.896. The summed E-state index contributed by atoms with van der Waals surface area (Å²) >= 11 is 0. The van der Waals surface area contributed by atoms with Crippen LogP contribution >= 0.6 is 0 Å². The number of oxazole rings is 1. The van der Waals surface area contributed by atoms with Crippen molar-refractivity contribution in [3.8, 4) is 0 Å². The summed E-state index contributed by atoms with van der Waals surface area (Å²) < 4.78 is 5.10. The highest BCUT2D eigenvalue weighted by molar-refractivity contribution is 5.76. The lowest BCUT2D eigenvalue weighted by Crippen LogP contribution is -2.23. The molecule has 100 valence electrons. The number of hydrogen-bond donors (Lipinski definition) is 1. The second-order valence-corrected chi connectivity index (χ2v) is 4.56. The van der Waals surface area contributed by atoms with Gasteiger partial charge >= 0.3 is 0 Å². The molecule has 0 atom stereocenters. The van der Waals surface area contributed by atoms with Crippen LogP contribution < -0.4 is 5.32 Å². The van der Waals surface area contributed by atoms with E-state index in [9.17, 15) is 4.79 Å². The number of nitrogens with one attached hydrogen (secondary N) is 1. The van der Waals surface area contributed by atoms with Gasteiger partial charge < -0.3 is 9.73 Å². The topological polar surface area (TPSA) is 55.1 Å². The second kappa shape index (κ2) is 6.18. The Balaban J connectivity index is 1.77. The molecule has 1 heterocycles. The highest BCUT2D eigenvalue weighted by Gasteiger charge is 2.06. The van der Waals surface area contributed by atoms with E-state index in [4.69, 9.17) is 4.42 Å². The van der Waals surface area contributed by atoms with Crippen LogP contribution in [0, 0.1) is 13.8 Å². The molecule has 19 heavy (non-hydrogen) atoms. The third-order valence-corrected chi connectivity index (χ3v) is 3.01. The Morgan fingerprint density at radius 2 is 2.11 bits per heavy atom. The number of hydrogen-bond acceptors (Lipinski definition) is 3. The van der Waals surface area contributed by atoms with Crippen molar-refractivity contribution >= 4 is 5.91 Å². The molecule has 0 aliphatic rings. The van der Waals surface area contributed by atoms with Crippen LogP contribution in [0.1, 0.15) is 29.1 Å². The van der Waals surface area contributed by atoms with Crippen molar-refractivity contribution in [3.05, 3.63) is 53.2 Å². The maximum absolute atomic E-state index is 11.7. The molecule has 1 aromatic heterocycles. The van der Waals surface area contributed by atoms with Crippen LogP contribution in [0.4, 0.5) is 0 Å². The van der Waals surface area contributed by atoms with Crippen molar-refractivity contribution in [1.29, 1.82) is 0 Å². The molecule has 0 aliphatic carbocycles. The standard InChI is InChI=1S/C15H18N2O2/c1-11-5-3-4-6-13(11)9-16-15(18)8-7-14-10-19-12(2)17-14/h3-6,10H,7-9H2,1-2H3,(H,16,18). The van der Waals surface area contributed by atoms with Crippen LogP contribution in [0.3, 0.4) is 0 Å². The fraction of sp³-hybridized carbons (Fsp3) is 0.333. The summed E-state index contributed by atoms with van der Waals surface area (Å²) in [6.07, 6.45) is 2.64. The average Bonchev–Trinajstić information content (AvgIpc) is 2.81. The summed E-state index contributed by atoms with van der Waals surface area (Å²) in [6, 6.07) is 8.04. The Hall–Kier alpha value is -2.10. The zero-order valence-electron chi connectivity index (χ0n) is 11.3. The molecule has 2 aromatic rings. The molecule has 4 nitrogen and oxygen atoms in total. The Kier molecular flexibility index (Phi) is 4.34. The van der Waals surface area contributed by atoms with Crippen LogP contribution in [-0.4, -0.2) is 10.9 Å². The van der Waals surface area contributed by atoms with Gasteiger partial charge in [-0.3, -0.25) is 4.79 Å². The van der Waals surface area contributed by atoms with Gasteiger partial charge in [0.2, 0.25) is 5.91 Å². The van der Waals surface area contributed by atoms with Gasteiger partial charge in [0.25, 0.3) is 0 Å². The van der Waals surface area contributed by atoms with Crippen molar-refractivity contribution in [2.24, 2.45) is 0 Å². The minimum absolute atomic E-state index is 0.0314. The lowest BCUT2D eigenvalue weighted by molar-refractivity contribution is -0.121. The van der Waals surface area contributed by atoms with E-state index in [1.807, 2.05) is 31.2 Å². The largest absolute Gasteiger partial charge is 0.449 e. The van der Waals surface area contributed by atoms with Crippen LogP contribution in [0.15, 0.2) is 34.9 Å². The summed E-state index contributed by atoms with van der Waals surface area (Å²) in [5.41, 5.74) is 3.16. The Morgan fingerprint density at radius 1 is 1.32 bits per heavy atom. The smallest absolute Gasteiger partial charge is 0.220 e. The predicted molar refractivity (Wildman–Crippen MR) is 72.6 cm³/mol. The molecule has 1 aromatic carbocycles. The van der Waals surface area contributed by atoms with Gasteiger partial charge in [0.1, 0.15) is 6.26 Å². The first-order chi connectivity index (χ1) is 9.15. The summed E-state index contributed by atoms with van der Waals surface area (Å²) in [7, 11) is 0. The third-order valence-electron chi connectivity index (χ3n) is 3.01. The zero-order valence-corrected chi connectivity index (χ0v) is 11.3. The fourth-order valence-electron chi connectivity index (χ4n) is 1.86. The molecule has 1 N–H and O–H groups in total. The van der Waals surface area contributed by atoms with E-state index in [2.05, 4.69) is 10.3 Å². The molecule has 2 rings (SSSR count). The van der Waals surface area contributed by atoms with Gasteiger partial charge in [0, 0.05) is 26.3 Å². The molecule has 1 amide bonds. The molecular weight excluding hydrogens is 240 g/mol. The van der Waals surface area contributed by atoms with E-state index in [1.54, 1.807) is 13.2 Å². The van der Waals surface area contributed by atoms with Crippen LogP contribution in [0.2, 0.25) is 0 Å². The number of benzene rings is 1. The van der Waals surface area contributed by atoms with E-state index in [-0.39, 0.29) is 5.91 Å². The van der Waals surface area contributed by atoms with Gasteiger partial charge in [-0.15, -0.1) is 0 Å². The van der Waals surface area contributed by atoms with E-state index in [0.717, 1.165) is 11.3 Å². The lowest BCUT2D eigenvalue weighted by atomic mass is 10.1. The van der Waals surface area contributed by atoms with E-state index < -0.39 is 0 Å². The number of carbonyl (C=O) groups excluding carboxylic acids is 1. The van der Waals surface area contributed by atoms with Crippen molar-refractivity contribution in [2.45, 2.75) is 33.2 Å². The van der Waals surface area contributed by atoms with Crippen molar-refractivity contribution in [1.82, 2.24) is 10.3 Å². The second-order valence-electron chi connectivity index (χ2n) is 4.56. The van der Waals surface area contributed by atoms with E-state index in [1.165, 1.54) is 5.56 Å². The summed E-state index contributed by atoms with van der Waals surface area (Å²) in [5, 5.41) is 2.92. The van der Waals surface area contributed by atoms with Gasteiger partial charge in [-0.05, 0) is 18.1 Å². The molecule has 0 bridgehead atoms. The van der Waals surface area contributed by atoms with Crippen molar-refractivity contribution < 1.29 is 9.21 Å². The normalized spacial score (nSPS) is 10.4. The monoisotopic (exact) mass is 258 g/mol. The third kappa shape index (κ3) is 3.95. The first kappa shape index (κ1) is 13.3. The zero-order chi connectivity index (χ0) is 13.7. The number of aromatic nitrogens is 1. The molecule has 0 aliphatic heterocycles. The van der Waals surface area contributed by atoms with Crippen LogP contribution in [0.25, 0.3) is 0 Å². The molecular formula is C15H18N2O2. The van der Waals surface area contributed by atoms with Crippen LogP contribution in [0.5, 0.6) is 0 Å². The van der Waals surface area contributed by atoms with E-state index >= 15 is 0 Å². The Morgan fingerprint density at radius 3 is 2.79 bits per heavy atom. The lowest BCUT2D eigenvalue weighted by Gasteiger charge is -2.07. The molecule has 0 unspecified atom stereocenters. The van der Waals surface area contributed by atoms with Crippen molar-refractivity contribution in [2.75, 3.05) is 0 Å². The Bertz CT molecular complexity index is 561. The number of rotatable bonds is 5. The van der Waals surface area contributed by atoms with Gasteiger partial charge in [-0.1, -0.05) is 24.3 Å². The predicted octanol–water partition coefficient (Wildman–Crippen LogP) is 2.54. The minimum Gasteiger partial charge on any atom is -0.449 e. The summed E-state index contributed by atoms with van der Waals surface area (Å²) in [6.45, 7) is 4.41. The minimum atomic E-state index is 0.0314. The van der Waals surface area contributed by atoms with Gasteiger partial charge in [-0.25, -0.2) is 4.98 Å². The molecule has 0 spiro atoms. The van der Waals surface area contributed by atoms with Crippen molar-refractivity contribution in [3.63, 3.8) is 0 Å². The molecule has 0 radical (unpaired) electrons. The molecule has 4 heteroatoms. The van der Waals surface area contributed by atoms with Gasteiger partial charge in [0.05, 0.1) is 5.69 Å². The number of amides is 1. The summed E-state index contributed by atoms with van der Waals surface area (Å²) in [4.78, 5) is 15.9. The number of nitrogens with zero attached hydrogens (tertiary/aromatic N) is 1. The molecule has 0 saturated heterocycles. The number of aryl methyl sites for hydroxylation is 3. The highest BCUT2D eigenvalue weighted by atomic mass is 16.3. The Labute approximate surface area is 112 Å². The number of carbonyl (C=O) groups is 1. The average molecular weight is 258 g/mol. The summed E-state index contributed by atoms with van der Waals surface area (Å²) in [5.74, 6) is 0.666. The molecule has 0 fully saturated rings. The first-order valence-corrected chi connectivity index (χ1v) is 6.37. The maximum atomic E-state index is 11.7. The SMILES string of the molecule is Cc1nc(CCC(=O)NCc2ccccc2C)co1. The first-order valence-electron chi connectivity index (χ1n) is 6.37.